The van der Waals surface area contributed by atoms with Crippen molar-refractivity contribution >= 4 is 28.2 Å². The molecule has 4 aromatic rings. The van der Waals surface area contributed by atoms with Gasteiger partial charge in [0.15, 0.2) is 0 Å². The van der Waals surface area contributed by atoms with Crippen LogP contribution in [0.4, 0.5) is 11.4 Å². The van der Waals surface area contributed by atoms with E-state index in [0.717, 1.165) is 27.8 Å². The van der Waals surface area contributed by atoms with Crippen LogP contribution in [0.2, 0.25) is 0 Å². The lowest BCUT2D eigenvalue weighted by atomic mass is 10.1. The molecule has 1 saturated heterocycles. The van der Waals surface area contributed by atoms with E-state index in [1.807, 2.05) is 32.2 Å². The molecule has 1 atom stereocenters. The van der Waals surface area contributed by atoms with Crippen molar-refractivity contribution in [2.75, 3.05) is 23.3 Å². The fraction of sp³-hybridized carbons (Fsp3) is 0.273. The van der Waals surface area contributed by atoms with Gasteiger partial charge in [-0.1, -0.05) is 0 Å². The number of β-amino-alcohol motifs (C(OH)–C–C–N with tert-alkyl or cyclic N) is 1. The maximum atomic E-state index is 13.0. The molecule has 158 valence electrons. The number of hydrogen-bond donors (Lipinski definition) is 2. The van der Waals surface area contributed by atoms with Crippen LogP contribution >= 0.6 is 0 Å². The number of aromatic nitrogens is 4. The van der Waals surface area contributed by atoms with Crippen molar-refractivity contribution in [2.24, 2.45) is 7.05 Å². The summed E-state index contributed by atoms with van der Waals surface area (Å²) in [6.07, 6.45) is 5.19. The van der Waals surface area contributed by atoms with Crippen LogP contribution in [0.15, 0.2) is 47.3 Å². The monoisotopic (exact) mass is 418 g/mol. The Labute approximate surface area is 178 Å². The van der Waals surface area contributed by atoms with E-state index in [0.29, 0.717) is 31.1 Å². The van der Waals surface area contributed by atoms with Crippen LogP contribution in [0.3, 0.4) is 0 Å². The first-order valence-corrected chi connectivity index (χ1v) is 10.1. The highest BCUT2D eigenvalue weighted by Gasteiger charge is 2.25. The number of aryl methyl sites for hydroxylation is 2. The number of amides is 1. The fourth-order valence-electron chi connectivity index (χ4n) is 3.89. The molecule has 31 heavy (non-hydrogen) atoms. The molecule has 0 radical (unpaired) electrons. The average molecular weight is 418 g/mol. The van der Waals surface area contributed by atoms with Gasteiger partial charge in [0.1, 0.15) is 0 Å². The van der Waals surface area contributed by atoms with Gasteiger partial charge in [-0.2, -0.15) is 5.10 Å². The molecule has 0 bridgehead atoms. The maximum Gasteiger partial charge on any atom is 0.293 e. The van der Waals surface area contributed by atoms with E-state index < -0.39 is 5.91 Å². The van der Waals surface area contributed by atoms with E-state index in [1.165, 1.54) is 6.20 Å². The molecule has 0 aliphatic carbocycles. The highest BCUT2D eigenvalue weighted by Crippen LogP contribution is 2.34. The first-order chi connectivity index (χ1) is 15.0. The summed E-state index contributed by atoms with van der Waals surface area (Å²) in [6, 6.07) is 7.51. The van der Waals surface area contributed by atoms with Gasteiger partial charge in [0, 0.05) is 43.0 Å². The summed E-state index contributed by atoms with van der Waals surface area (Å²) >= 11 is 0. The summed E-state index contributed by atoms with van der Waals surface area (Å²) < 4.78 is 7.47. The predicted octanol–water partition coefficient (Wildman–Crippen LogP) is 2.76. The molecule has 1 aliphatic heterocycles. The van der Waals surface area contributed by atoms with Gasteiger partial charge in [-0.15, -0.1) is 0 Å². The first-order valence-electron chi connectivity index (χ1n) is 10.1. The number of carbonyl (C=O) groups is 1. The summed E-state index contributed by atoms with van der Waals surface area (Å²) in [7, 11) is 1.85. The standard InChI is InChI=1S/C22H22N6O3/c1-13-7-14(3-5-23-13)22-24-11-20(31-22)21(30)26-17-9-18-15(10-25-27(18)2)8-19(17)28-6-4-16(29)12-28/h3,5,7-11,16,29H,4,6,12H2,1-2H3,(H,26,30)/t16-/m0/s1. The quantitative estimate of drug-likeness (QED) is 0.524. The van der Waals surface area contributed by atoms with E-state index in [2.05, 4.69) is 25.3 Å². The van der Waals surface area contributed by atoms with E-state index >= 15 is 0 Å². The molecule has 9 nitrogen and oxygen atoms in total. The van der Waals surface area contributed by atoms with E-state index in [4.69, 9.17) is 4.42 Å². The van der Waals surface area contributed by atoms with Crippen molar-refractivity contribution < 1.29 is 14.3 Å². The second-order valence-corrected chi connectivity index (χ2v) is 7.75. The minimum Gasteiger partial charge on any atom is -0.431 e. The molecule has 1 aliphatic rings. The number of nitrogens with one attached hydrogen (secondary N) is 1. The number of hydrogen-bond acceptors (Lipinski definition) is 7. The topological polar surface area (TPSA) is 109 Å². The SMILES string of the molecule is Cc1cc(-c2ncc(C(=O)Nc3cc4c(cnn4C)cc3N3CC[C@H](O)C3)o2)ccn1. The Kier molecular flexibility index (Phi) is 4.67. The number of aliphatic hydroxyl groups is 1. The zero-order chi connectivity index (χ0) is 21.5. The van der Waals surface area contributed by atoms with Crippen LogP contribution in [0.1, 0.15) is 22.7 Å². The lowest BCUT2D eigenvalue weighted by molar-refractivity contribution is 0.0997. The maximum absolute atomic E-state index is 13.0. The number of fused-ring (bicyclic) bond motifs is 1. The highest BCUT2D eigenvalue weighted by molar-refractivity contribution is 6.06. The number of oxazole rings is 1. The Morgan fingerprint density at radius 2 is 2.13 bits per heavy atom. The van der Waals surface area contributed by atoms with E-state index in [-0.39, 0.29) is 11.9 Å². The Morgan fingerprint density at radius 1 is 1.26 bits per heavy atom. The third-order valence-corrected chi connectivity index (χ3v) is 5.49. The van der Waals surface area contributed by atoms with E-state index in [1.54, 1.807) is 23.1 Å². The minimum absolute atomic E-state index is 0.113. The third-order valence-electron chi connectivity index (χ3n) is 5.49. The number of nitrogens with zero attached hydrogens (tertiary/aromatic N) is 5. The second-order valence-electron chi connectivity index (χ2n) is 7.75. The third kappa shape index (κ3) is 3.64. The average Bonchev–Trinajstić information content (AvgIpc) is 3.48. The number of rotatable bonds is 4. The van der Waals surface area contributed by atoms with Crippen LogP contribution in [-0.4, -0.2) is 50.0 Å². The number of carbonyl (C=O) groups excluding carboxylic acids is 1. The van der Waals surface area contributed by atoms with Crippen molar-refractivity contribution in [1.82, 2.24) is 19.7 Å². The molecule has 1 aromatic carbocycles. The summed E-state index contributed by atoms with van der Waals surface area (Å²) in [4.78, 5) is 23.4. The van der Waals surface area contributed by atoms with Crippen LogP contribution in [0.25, 0.3) is 22.4 Å². The van der Waals surface area contributed by atoms with Crippen molar-refractivity contribution in [3.05, 3.63) is 54.3 Å². The molecule has 0 saturated carbocycles. The summed E-state index contributed by atoms with van der Waals surface area (Å²) in [6.45, 7) is 3.11. The first kappa shape index (κ1) is 19.3. The van der Waals surface area contributed by atoms with Gasteiger partial charge in [-0.25, -0.2) is 4.98 Å². The van der Waals surface area contributed by atoms with Crippen molar-refractivity contribution in [3.8, 4) is 11.5 Å². The van der Waals surface area contributed by atoms with Crippen LogP contribution in [0, 0.1) is 6.92 Å². The largest absolute Gasteiger partial charge is 0.431 e. The van der Waals surface area contributed by atoms with Crippen LogP contribution in [-0.2, 0) is 7.05 Å². The number of aliphatic hydroxyl groups excluding tert-OH is 1. The Morgan fingerprint density at radius 3 is 2.90 bits per heavy atom. The summed E-state index contributed by atoms with van der Waals surface area (Å²) in [5.41, 5.74) is 3.96. The number of pyridine rings is 1. The molecule has 1 fully saturated rings. The molecule has 1 amide bonds. The van der Waals surface area contributed by atoms with Crippen LogP contribution < -0.4 is 10.2 Å². The van der Waals surface area contributed by atoms with E-state index in [9.17, 15) is 9.90 Å². The molecule has 0 unspecified atom stereocenters. The Bertz CT molecular complexity index is 1280. The Hall–Kier alpha value is -3.72. The zero-order valence-electron chi connectivity index (χ0n) is 17.2. The predicted molar refractivity (Wildman–Crippen MR) is 116 cm³/mol. The molecule has 0 spiro atoms. The van der Waals surface area contributed by atoms with Gasteiger partial charge in [0.25, 0.3) is 5.91 Å². The summed E-state index contributed by atoms with van der Waals surface area (Å²) in [5.74, 6) is 0.0784. The fourth-order valence-corrected chi connectivity index (χ4v) is 3.89. The molecule has 4 heterocycles. The highest BCUT2D eigenvalue weighted by atomic mass is 16.4. The summed E-state index contributed by atoms with van der Waals surface area (Å²) in [5, 5.41) is 18.2. The number of anilines is 2. The molecule has 3 aromatic heterocycles. The van der Waals surface area contributed by atoms with Gasteiger partial charge in [-0.3, -0.25) is 14.5 Å². The van der Waals surface area contributed by atoms with Gasteiger partial charge >= 0.3 is 0 Å². The van der Waals surface area contributed by atoms with Crippen LogP contribution in [0.5, 0.6) is 0 Å². The van der Waals surface area contributed by atoms with Gasteiger partial charge in [0.2, 0.25) is 11.7 Å². The molecule has 9 heteroatoms. The zero-order valence-corrected chi connectivity index (χ0v) is 17.2. The Balaban J connectivity index is 1.47. The molecular formula is C22H22N6O3. The van der Waals surface area contributed by atoms with Crippen molar-refractivity contribution in [2.45, 2.75) is 19.4 Å². The second kappa shape index (κ2) is 7.51. The van der Waals surface area contributed by atoms with Gasteiger partial charge in [-0.05, 0) is 37.6 Å². The normalized spacial score (nSPS) is 16.2. The lowest BCUT2D eigenvalue weighted by Gasteiger charge is -2.22. The van der Waals surface area contributed by atoms with Crippen molar-refractivity contribution in [3.63, 3.8) is 0 Å². The van der Waals surface area contributed by atoms with Gasteiger partial charge in [0.05, 0.1) is 35.4 Å². The van der Waals surface area contributed by atoms with Crippen molar-refractivity contribution in [1.29, 1.82) is 0 Å². The molecule has 2 N–H and O–H groups in total. The smallest absolute Gasteiger partial charge is 0.293 e. The minimum atomic E-state index is -0.396. The number of benzene rings is 1. The molecule has 5 rings (SSSR count). The molecular weight excluding hydrogens is 396 g/mol. The lowest BCUT2D eigenvalue weighted by Crippen LogP contribution is -2.23. The van der Waals surface area contributed by atoms with Gasteiger partial charge < -0.3 is 19.7 Å².